The van der Waals surface area contributed by atoms with Gasteiger partial charge in [0.1, 0.15) is 5.69 Å². The Morgan fingerprint density at radius 2 is 2.44 bits per heavy atom. The number of likely N-dealkylation sites (tertiary alicyclic amines) is 1. The van der Waals surface area contributed by atoms with Crippen LogP contribution in [0, 0.1) is 5.92 Å². The molecule has 1 amide bonds. The summed E-state index contributed by atoms with van der Waals surface area (Å²) in [5.41, 5.74) is 0.604. The van der Waals surface area contributed by atoms with Crippen LogP contribution in [0.25, 0.3) is 0 Å². The van der Waals surface area contributed by atoms with Gasteiger partial charge in [-0.05, 0) is 18.8 Å². The number of aromatic amines is 1. The number of hydrogen-bond acceptors (Lipinski definition) is 3. The normalized spacial score (nSPS) is 29.1. The number of amides is 1. The maximum atomic E-state index is 12.2. The second-order valence-corrected chi connectivity index (χ2v) is 4.59. The second-order valence-electron chi connectivity index (χ2n) is 4.59. The molecule has 86 valence electrons. The van der Waals surface area contributed by atoms with Gasteiger partial charge < -0.3 is 15.2 Å². The number of hydrogen-bond donors (Lipinski definition) is 2. The van der Waals surface area contributed by atoms with Gasteiger partial charge in [-0.1, -0.05) is 0 Å². The molecule has 5 heteroatoms. The van der Waals surface area contributed by atoms with Crippen molar-refractivity contribution in [1.29, 1.82) is 0 Å². The highest BCUT2D eigenvalue weighted by atomic mass is 16.2. The van der Waals surface area contributed by atoms with E-state index in [4.69, 9.17) is 0 Å². The molecule has 0 radical (unpaired) electrons. The summed E-state index contributed by atoms with van der Waals surface area (Å²) in [6.07, 6.45) is 5.52. The maximum Gasteiger partial charge on any atom is 0.272 e. The lowest BCUT2D eigenvalue weighted by molar-refractivity contribution is 0.0569. The first-order chi connectivity index (χ1) is 7.86. The number of piperidine rings is 1. The second kappa shape index (κ2) is 3.90. The van der Waals surface area contributed by atoms with E-state index in [0.29, 0.717) is 17.7 Å². The molecule has 2 aliphatic heterocycles. The molecule has 2 aliphatic rings. The Morgan fingerprint density at radius 1 is 1.50 bits per heavy atom. The van der Waals surface area contributed by atoms with Crippen LogP contribution < -0.4 is 5.32 Å². The lowest BCUT2D eigenvalue weighted by Gasteiger charge is -2.36. The average molecular weight is 220 g/mol. The summed E-state index contributed by atoms with van der Waals surface area (Å²) < 4.78 is 0. The van der Waals surface area contributed by atoms with Crippen LogP contribution in [0.15, 0.2) is 12.5 Å². The summed E-state index contributed by atoms with van der Waals surface area (Å²) in [4.78, 5) is 21.0. The van der Waals surface area contributed by atoms with Crippen LogP contribution in [0.4, 0.5) is 0 Å². The molecule has 0 spiro atoms. The van der Waals surface area contributed by atoms with Crippen LogP contribution in [0.1, 0.15) is 23.3 Å². The van der Waals surface area contributed by atoms with Gasteiger partial charge in [0.05, 0.1) is 12.5 Å². The predicted molar refractivity (Wildman–Crippen MR) is 59.0 cm³/mol. The largest absolute Gasteiger partial charge is 0.341 e. The van der Waals surface area contributed by atoms with E-state index in [-0.39, 0.29) is 5.91 Å². The smallest absolute Gasteiger partial charge is 0.272 e. The fourth-order valence-corrected chi connectivity index (χ4v) is 2.85. The minimum Gasteiger partial charge on any atom is -0.341 e. The van der Waals surface area contributed by atoms with Crippen LogP contribution >= 0.6 is 0 Å². The van der Waals surface area contributed by atoms with Crippen LogP contribution in [0.2, 0.25) is 0 Å². The lowest BCUT2D eigenvalue weighted by Crippen LogP contribution is -2.48. The molecule has 1 aromatic rings. The molecular formula is C11H16N4O. The molecule has 5 nitrogen and oxygen atoms in total. The van der Waals surface area contributed by atoms with Gasteiger partial charge in [0.25, 0.3) is 5.91 Å². The molecule has 2 saturated heterocycles. The van der Waals surface area contributed by atoms with E-state index in [1.54, 1.807) is 12.5 Å². The van der Waals surface area contributed by atoms with E-state index < -0.39 is 0 Å². The van der Waals surface area contributed by atoms with E-state index in [1.807, 2.05) is 4.90 Å². The number of carbonyl (C=O) groups excluding carboxylic acids is 1. The van der Waals surface area contributed by atoms with E-state index in [9.17, 15) is 4.79 Å². The van der Waals surface area contributed by atoms with E-state index in [0.717, 1.165) is 26.1 Å². The summed E-state index contributed by atoms with van der Waals surface area (Å²) in [5.74, 6) is 0.733. The third-order valence-corrected chi connectivity index (χ3v) is 3.67. The predicted octanol–water partition coefficient (Wildman–Crippen LogP) is 0.234. The molecule has 3 rings (SSSR count). The minimum absolute atomic E-state index is 0.0934. The molecule has 0 saturated carbocycles. The zero-order chi connectivity index (χ0) is 11.0. The van der Waals surface area contributed by atoms with Gasteiger partial charge in [-0.15, -0.1) is 0 Å². The van der Waals surface area contributed by atoms with E-state index in [2.05, 4.69) is 15.3 Å². The maximum absolute atomic E-state index is 12.2. The first-order valence-electron chi connectivity index (χ1n) is 5.86. The Labute approximate surface area is 94.2 Å². The molecule has 2 N–H and O–H groups in total. The van der Waals surface area contributed by atoms with Crippen molar-refractivity contribution in [2.75, 3.05) is 19.6 Å². The lowest BCUT2D eigenvalue weighted by atomic mass is 9.92. The van der Waals surface area contributed by atoms with Crippen molar-refractivity contribution in [2.24, 2.45) is 5.92 Å². The fourth-order valence-electron chi connectivity index (χ4n) is 2.85. The number of nitrogens with one attached hydrogen (secondary N) is 2. The molecule has 2 atom stereocenters. The van der Waals surface area contributed by atoms with Gasteiger partial charge in [0.15, 0.2) is 0 Å². The number of fused-ring (bicyclic) bond motifs is 1. The topological polar surface area (TPSA) is 61.0 Å². The number of carbonyl (C=O) groups is 1. The summed E-state index contributed by atoms with van der Waals surface area (Å²) in [6, 6.07) is 0.379. The third-order valence-electron chi connectivity index (χ3n) is 3.67. The zero-order valence-corrected chi connectivity index (χ0v) is 9.15. The van der Waals surface area contributed by atoms with Crippen molar-refractivity contribution in [3.63, 3.8) is 0 Å². The third kappa shape index (κ3) is 1.51. The molecule has 3 heterocycles. The Hall–Kier alpha value is -1.36. The Bertz CT molecular complexity index is 375. The fraction of sp³-hybridized carbons (Fsp3) is 0.636. The van der Waals surface area contributed by atoms with Gasteiger partial charge >= 0.3 is 0 Å². The van der Waals surface area contributed by atoms with Gasteiger partial charge in [-0.25, -0.2) is 4.98 Å². The van der Waals surface area contributed by atoms with Crippen LogP contribution in [0.3, 0.4) is 0 Å². The summed E-state index contributed by atoms with van der Waals surface area (Å²) in [5, 5.41) is 3.37. The van der Waals surface area contributed by atoms with Crippen molar-refractivity contribution in [3.8, 4) is 0 Å². The summed E-state index contributed by atoms with van der Waals surface area (Å²) in [7, 11) is 0. The number of rotatable bonds is 1. The minimum atomic E-state index is 0.0934. The van der Waals surface area contributed by atoms with Crippen molar-refractivity contribution >= 4 is 5.91 Å². The van der Waals surface area contributed by atoms with E-state index >= 15 is 0 Å². The molecule has 0 aliphatic carbocycles. The number of H-pyrrole nitrogens is 1. The van der Waals surface area contributed by atoms with Gasteiger partial charge in [0, 0.05) is 25.7 Å². The quantitative estimate of drug-likeness (QED) is 0.712. The zero-order valence-electron chi connectivity index (χ0n) is 9.15. The highest BCUT2D eigenvalue weighted by Gasteiger charge is 2.37. The van der Waals surface area contributed by atoms with Crippen LogP contribution in [-0.4, -0.2) is 46.5 Å². The molecular weight excluding hydrogens is 204 g/mol. The highest BCUT2D eigenvalue weighted by molar-refractivity contribution is 5.92. The van der Waals surface area contributed by atoms with Gasteiger partial charge in [0.2, 0.25) is 0 Å². The average Bonchev–Trinajstić information content (AvgIpc) is 2.98. The van der Waals surface area contributed by atoms with Gasteiger partial charge in [-0.3, -0.25) is 4.79 Å². The Morgan fingerprint density at radius 3 is 3.25 bits per heavy atom. The van der Waals surface area contributed by atoms with Crippen molar-refractivity contribution in [3.05, 3.63) is 18.2 Å². The number of imidazole rings is 1. The standard InChI is InChI=1S/C11H16N4O/c16-11(9-5-13-7-14-9)15-3-1-2-8-4-12-6-10(8)15/h5,7-8,10,12H,1-4,6H2,(H,13,14). The SMILES string of the molecule is O=C(c1cnc[nH]1)N1CCCC2CNCC21. The number of nitrogens with zero attached hydrogens (tertiary/aromatic N) is 2. The number of aromatic nitrogens is 2. The first-order valence-corrected chi connectivity index (χ1v) is 5.86. The highest BCUT2D eigenvalue weighted by Crippen LogP contribution is 2.27. The molecule has 1 aromatic heterocycles. The summed E-state index contributed by atoms with van der Waals surface area (Å²) in [6.45, 7) is 2.86. The summed E-state index contributed by atoms with van der Waals surface area (Å²) >= 11 is 0. The van der Waals surface area contributed by atoms with Crippen LogP contribution in [-0.2, 0) is 0 Å². The molecule has 0 aromatic carbocycles. The monoisotopic (exact) mass is 220 g/mol. The molecule has 2 unspecified atom stereocenters. The Kier molecular flexibility index (Phi) is 2.40. The van der Waals surface area contributed by atoms with Gasteiger partial charge in [-0.2, -0.15) is 0 Å². The molecule has 2 fully saturated rings. The Balaban J connectivity index is 1.80. The molecule has 16 heavy (non-hydrogen) atoms. The van der Waals surface area contributed by atoms with Crippen molar-refractivity contribution in [2.45, 2.75) is 18.9 Å². The van der Waals surface area contributed by atoms with Crippen molar-refractivity contribution in [1.82, 2.24) is 20.2 Å². The van der Waals surface area contributed by atoms with E-state index in [1.165, 1.54) is 6.42 Å². The van der Waals surface area contributed by atoms with Crippen LogP contribution in [0.5, 0.6) is 0 Å². The van der Waals surface area contributed by atoms with Crippen molar-refractivity contribution < 1.29 is 4.79 Å². The molecule has 0 bridgehead atoms. The first kappa shape index (κ1) is 9.84.